The van der Waals surface area contributed by atoms with E-state index in [1.54, 1.807) is 24.4 Å². The second-order valence-electron chi connectivity index (χ2n) is 8.89. The SMILES string of the molecule is Cc1ccc(-c2cc(C(=O)NC3(C)CC3)cc(C3=NOC(c4ccccn4)C3)c2)c(F)c1. The normalized spacial score (nSPS) is 18.6. The molecule has 1 aliphatic heterocycles. The summed E-state index contributed by atoms with van der Waals surface area (Å²) in [5, 5.41) is 7.36. The van der Waals surface area contributed by atoms with Crippen molar-refractivity contribution in [3.05, 3.63) is 89.0 Å². The van der Waals surface area contributed by atoms with Crippen LogP contribution < -0.4 is 5.32 Å². The second-order valence-corrected chi connectivity index (χ2v) is 8.89. The molecule has 0 spiro atoms. The van der Waals surface area contributed by atoms with E-state index in [9.17, 15) is 9.18 Å². The number of rotatable bonds is 5. The minimum atomic E-state index is -0.321. The molecule has 3 aromatic rings. The largest absolute Gasteiger partial charge is 0.385 e. The van der Waals surface area contributed by atoms with E-state index in [1.807, 2.05) is 44.2 Å². The Morgan fingerprint density at radius 3 is 2.66 bits per heavy atom. The van der Waals surface area contributed by atoms with E-state index in [4.69, 9.17) is 4.84 Å². The number of pyridine rings is 1. The van der Waals surface area contributed by atoms with Gasteiger partial charge in [0.15, 0.2) is 6.10 Å². The standard InChI is InChI=1S/C26H24FN3O2/c1-16-6-7-20(21(27)11-16)17-12-18(14-19(13-17)25(31)29-26(2)8-9-26)23-15-24(32-30-23)22-5-3-4-10-28-22/h3-7,10-14,24H,8-9,15H2,1-2H3,(H,29,31). The maximum absolute atomic E-state index is 14.8. The van der Waals surface area contributed by atoms with Crippen LogP contribution in [0.3, 0.4) is 0 Å². The number of aromatic nitrogens is 1. The van der Waals surface area contributed by atoms with Gasteiger partial charge < -0.3 is 10.2 Å². The van der Waals surface area contributed by atoms with Crippen molar-refractivity contribution in [3.8, 4) is 11.1 Å². The summed E-state index contributed by atoms with van der Waals surface area (Å²) in [5.74, 6) is -0.486. The van der Waals surface area contributed by atoms with E-state index in [-0.39, 0.29) is 23.4 Å². The Bertz CT molecular complexity index is 1220. The molecular weight excluding hydrogens is 405 g/mol. The summed E-state index contributed by atoms with van der Waals surface area (Å²) in [6, 6.07) is 16.2. The van der Waals surface area contributed by atoms with Crippen LogP contribution in [0.25, 0.3) is 11.1 Å². The third kappa shape index (κ3) is 4.13. The van der Waals surface area contributed by atoms with Crippen molar-refractivity contribution in [1.82, 2.24) is 10.3 Å². The van der Waals surface area contributed by atoms with Crippen LogP contribution in [-0.4, -0.2) is 22.1 Å². The minimum absolute atomic E-state index is 0.152. The van der Waals surface area contributed by atoms with Crippen LogP contribution in [0, 0.1) is 12.7 Å². The van der Waals surface area contributed by atoms with E-state index in [0.29, 0.717) is 28.8 Å². The van der Waals surface area contributed by atoms with Crippen molar-refractivity contribution >= 4 is 11.6 Å². The van der Waals surface area contributed by atoms with Crippen molar-refractivity contribution in [2.75, 3.05) is 0 Å². The Morgan fingerprint density at radius 1 is 1.12 bits per heavy atom. The molecule has 1 atom stereocenters. The lowest BCUT2D eigenvalue weighted by molar-refractivity contribution is 0.0826. The Labute approximate surface area is 186 Å². The van der Waals surface area contributed by atoms with Gasteiger partial charge in [-0.25, -0.2) is 4.39 Å². The van der Waals surface area contributed by atoms with E-state index in [0.717, 1.165) is 29.7 Å². The molecule has 1 N–H and O–H groups in total. The number of halogens is 1. The fourth-order valence-corrected chi connectivity index (χ4v) is 3.87. The first-order valence-electron chi connectivity index (χ1n) is 10.8. The number of carbonyl (C=O) groups is 1. The van der Waals surface area contributed by atoms with Crippen LogP contribution >= 0.6 is 0 Å². The lowest BCUT2D eigenvalue weighted by Gasteiger charge is -2.14. The van der Waals surface area contributed by atoms with Crippen molar-refractivity contribution < 1.29 is 14.0 Å². The zero-order valence-corrected chi connectivity index (χ0v) is 18.1. The quantitative estimate of drug-likeness (QED) is 0.595. The van der Waals surface area contributed by atoms with Gasteiger partial charge in [0.2, 0.25) is 0 Å². The highest BCUT2D eigenvalue weighted by Gasteiger charge is 2.39. The summed E-state index contributed by atoms with van der Waals surface area (Å²) < 4.78 is 14.8. The second kappa shape index (κ2) is 7.86. The number of aryl methyl sites for hydroxylation is 1. The molecule has 1 aliphatic carbocycles. The first kappa shape index (κ1) is 20.4. The highest BCUT2D eigenvalue weighted by molar-refractivity contribution is 6.05. The lowest BCUT2D eigenvalue weighted by atomic mass is 9.94. The molecule has 1 unspecified atom stereocenters. The van der Waals surface area contributed by atoms with Crippen LogP contribution in [0.15, 0.2) is 65.9 Å². The topological polar surface area (TPSA) is 63.6 Å². The zero-order valence-electron chi connectivity index (χ0n) is 18.1. The molecule has 162 valence electrons. The number of benzene rings is 2. The summed E-state index contributed by atoms with van der Waals surface area (Å²) in [6.45, 7) is 3.88. The highest BCUT2D eigenvalue weighted by atomic mass is 19.1. The van der Waals surface area contributed by atoms with Crippen LogP contribution in [0.2, 0.25) is 0 Å². The van der Waals surface area contributed by atoms with Gasteiger partial charge in [0.05, 0.1) is 11.4 Å². The monoisotopic (exact) mass is 429 g/mol. The number of hydrogen-bond donors (Lipinski definition) is 1. The number of carbonyl (C=O) groups excluding carboxylic acids is 1. The van der Waals surface area contributed by atoms with Gasteiger partial charge in [-0.15, -0.1) is 0 Å². The number of hydrogen-bond acceptors (Lipinski definition) is 4. The van der Waals surface area contributed by atoms with Gasteiger partial charge in [-0.2, -0.15) is 0 Å². The van der Waals surface area contributed by atoms with Crippen molar-refractivity contribution in [2.45, 2.75) is 44.8 Å². The first-order chi connectivity index (χ1) is 15.4. The summed E-state index contributed by atoms with van der Waals surface area (Å²) in [5.41, 5.74) is 4.50. The highest BCUT2D eigenvalue weighted by Crippen LogP contribution is 2.35. The molecule has 1 saturated carbocycles. The lowest BCUT2D eigenvalue weighted by Crippen LogP contribution is -2.34. The van der Waals surface area contributed by atoms with Gasteiger partial charge >= 0.3 is 0 Å². The number of nitrogens with one attached hydrogen (secondary N) is 1. The minimum Gasteiger partial charge on any atom is -0.385 e. The summed E-state index contributed by atoms with van der Waals surface area (Å²) in [7, 11) is 0. The van der Waals surface area contributed by atoms with E-state index in [2.05, 4.69) is 15.5 Å². The summed E-state index contributed by atoms with van der Waals surface area (Å²) in [6.07, 6.45) is 3.89. The van der Waals surface area contributed by atoms with Crippen LogP contribution in [-0.2, 0) is 4.84 Å². The van der Waals surface area contributed by atoms with Gasteiger partial charge in [-0.05, 0) is 74.2 Å². The Morgan fingerprint density at radius 2 is 1.94 bits per heavy atom. The van der Waals surface area contributed by atoms with Crippen LogP contribution in [0.4, 0.5) is 4.39 Å². The molecular formula is C26H24FN3O2. The number of oxime groups is 1. The molecule has 2 aliphatic rings. The molecule has 5 nitrogen and oxygen atoms in total. The van der Waals surface area contributed by atoms with E-state index < -0.39 is 0 Å². The fraction of sp³-hybridized carbons (Fsp3) is 0.269. The molecule has 2 aromatic carbocycles. The molecule has 0 radical (unpaired) electrons. The molecule has 32 heavy (non-hydrogen) atoms. The Kier molecular flexibility index (Phi) is 5.00. The van der Waals surface area contributed by atoms with Crippen LogP contribution in [0.5, 0.6) is 0 Å². The molecule has 1 amide bonds. The number of nitrogens with zero attached hydrogens (tertiary/aromatic N) is 2. The van der Waals surface area contributed by atoms with Gasteiger partial charge in [0.1, 0.15) is 5.82 Å². The zero-order chi connectivity index (χ0) is 22.3. The average molecular weight is 429 g/mol. The predicted molar refractivity (Wildman–Crippen MR) is 121 cm³/mol. The van der Waals surface area contributed by atoms with Gasteiger partial charge in [0.25, 0.3) is 5.91 Å². The molecule has 1 fully saturated rings. The van der Waals surface area contributed by atoms with Crippen molar-refractivity contribution in [3.63, 3.8) is 0 Å². The van der Waals surface area contributed by atoms with Crippen molar-refractivity contribution in [1.29, 1.82) is 0 Å². The maximum Gasteiger partial charge on any atom is 0.251 e. The molecule has 0 saturated heterocycles. The third-order valence-electron chi connectivity index (χ3n) is 6.07. The first-order valence-corrected chi connectivity index (χ1v) is 10.8. The van der Waals surface area contributed by atoms with E-state index in [1.165, 1.54) is 6.07 Å². The average Bonchev–Trinajstić information content (AvgIpc) is 3.31. The summed E-state index contributed by atoms with van der Waals surface area (Å²) >= 11 is 0. The third-order valence-corrected chi connectivity index (χ3v) is 6.07. The van der Waals surface area contributed by atoms with Gasteiger partial charge in [-0.3, -0.25) is 9.78 Å². The molecule has 5 rings (SSSR count). The number of amides is 1. The summed E-state index contributed by atoms with van der Waals surface area (Å²) in [4.78, 5) is 23.0. The van der Waals surface area contributed by atoms with E-state index >= 15 is 0 Å². The van der Waals surface area contributed by atoms with Gasteiger partial charge in [0, 0.05) is 34.8 Å². The van der Waals surface area contributed by atoms with Gasteiger partial charge in [-0.1, -0.05) is 23.4 Å². The molecule has 0 bridgehead atoms. The molecule has 1 aromatic heterocycles. The Balaban J connectivity index is 1.51. The maximum atomic E-state index is 14.8. The Hall–Kier alpha value is -3.54. The molecule has 2 heterocycles. The van der Waals surface area contributed by atoms with Crippen LogP contribution in [0.1, 0.15) is 59.5 Å². The van der Waals surface area contributed by atoms with Crippen molar-refractivity contribution in [2.24, 2.45) is 5.16 Å². The molecule has 6 heteroatoms. The fourth-order valence-electron chi connectivity index (χ4n) is 3.87. The smallest absolute Gasteiger partial charge is 0.251 e. The predicted octanol–water partition coefficient (Wildman–Crippen LogP) is 5.34.